The number of nitrogens with one attached hydrogen (secondary N) is 1. The maximum absolute atomic E-state index is 13.4. The minimum atomic E-state index is -0.467. The molecule has 2 atom stereocenters. The number of fused-ring (bicyclic) bond motifs is 9. The topological polar surface area (TPSA) is 121 Å². The van der Waals surface area contributed by atoms with Gasteiger partial charge in [0.15, 0.2) is 0 Å². The van der Waals surface area contributed by atoms with Gasteiger partial charge < -0.3 is 29.7 Å². The number of aliphatic hydroxyl groups is 1. The molecule has 226 valence electrons. The summed E-state index contributed by atoms with van der Waals surface area (Å²) >= 11 is 0. The second-order valence-electron chi connectivity index (χ2n) is 11.0. The summed E-state index contributed by atoms with van der Waals surface area (Å²) in [5.74, 6) is 0.829. The van der Waals surface area contributed by atoms with E-state index < -0.39 is 6.04 Å². The predicted octanol–water partition coefficient (Wildman–Crippen LogP) is 2.88. The van der Waals surface area contributed by atoms with E-state index in [1.165, 1.54) is 4.90 Å². The molecular weight excluding hydrogens is 548 g/mol. The maximum Gasteiger partial charge on any atom is 0.239 e. The molecule has 6 rings (SSSR count). The summed E-state index contributed by atoms with van der Waals surface area (Å²) in [7, 11) is 0. The van der Waals surface area contributed by atoms with Gasteiger partial charge in [0.2, 0.25) is 17.7 Å². The Morgan fingerprint density at radius 1 is 1.02 bits per heavy atom. The minimum Gasteiger partial charge on any atom is -0.457 e. The Morgan fingerprint density at radius 2 is 1.88 bits per heavy atom. The Morgan fingerprint density at radius 3 is 2.67 bits per heavy atom. The molecule has 1 aromatic heterocycles. The molecule has 10 heteroatoms. The number of aryl methyl sites for hydroxylation is 1. The van der Waals surface area contributed by atoms with Crippen molar-refractivity contribution in [3.05, 3.63) is 89.7 Å². The maximum atomic E-state index is 13.4. The summed E-state index contributed by atoms with van der Waals surface area (Å²) in [6.07, 6.45) is 4.88. The summed E-state index contributed by atoms with van der Waals surface area (Å²) < 4.78 is 12.4. The van der Waals surface area contributed by atoms with Crippen LogP contribution >= 0.6 is 0 Å². The number of benzene rings is 2. The standard InChI is InChI=1S/C33H38N4O6/c38-17-3-15-36-22-31(39)35-29-21-37(33(41)19-25-5-2-14-34-20-25)16-13-30(29)42-23-26-4-1-6-28(18-26)43-27-10-7-24(8-11-27)9-12-32(36)40/h1-2,4-8,10-11,14,18,20,29-30,38H,3,9,12-13,15-17,19,21-23H2,(H,35,39)/t29-,30-/m0/s1. The zero-order valence-electron chi connectivity index (χ0n) is 24.2. The Labute approximate surface area is 251 Å². The molecule has 0 saturated carbocycles. The molecule has 3 amide bonds. The summed E-state index contributed by atoms with van der Waals surface area (Å²) in [5.41, 5.74) is 2.73. The van der Waals surface area contributed by atoms with E-state index in [2.05, 4.69) is 10.3 Å². The van der Waals surface area contributed by atoms with E-state index in [-0.39, 0.29) is 62.9 Å². The van der Waals surface area contributed by atoms with Crippen LogP contribution in [0.5, 0.6) is 11.5 Å². The van der Waals surface area contributed by atoms with Crippen molar-refractivity contribution in [2.24, 2.45) is 0 Å². The van der Waals surface area contributed by atoms with Crippen LogP contribution in [-0.2, 0) is 38.6 Å². The molecule has 0 aliphatic carbocycles. The Kier molecular flexibility index (Phi) is 10.4. The van der Waals surface area contributed by atoms with Crippen LogP contribution in [0, 0.1) is 0 Å². The van der Waals surface area contributed by atoms with Gasteiger partial charge in [-0.3, -0.25) is 19.4 Å². The lowest BCUT2D eigenvalue weighted by Gasteiger charge is -2.39. The van der Waals surface area contributed by atoms with Gasteiger partial charge in [0.25, 0.3) is 0 Å². The Hall–Kier alpha value is -4.28. The number of likely N-dealkylation sites (tertiary alicyclic amines) is 1. The van der Waals surface area contributed by atoms with E-state index in [1.54, 1.807) is 23.4 Å². The highest BCUT2D eigenvalue weighted by atomic mass is 16.5. The number of carbonyl (C=O) groups is 3. The lowest BCUT2D eigenvalue weighted by atomic mass is 10.0. The lowest BCUT2D eigenvalue weighted by molar-refractivity contribution is -0.139. The van der Waals surface area contributed by atoms with Crippen LogP contribution < -0.4 is 10.1 Å². The SMILES string of the molecule is O=C1CN(CCCO)C(=O)CCc2ccc(cc2)Oc2cccc(c2)CO[C@H]2CCN(C(=O)Cc3cccnc3)C[C@@H]2N1. The number of aliphatic hydroxyl groups excluding tert-OH is 1. The number of pyridine rings is 1. The van der Waals surface area contributed by atoms with Crippen LogP contribution in [0.15, 0.2) is 73.1 Å². The first-order valence-corrected chi connectivity index (χ1v) is 14.8. The molecule has 3 aliphatic rings. The first-order valence-electron chi connectivity index (χ1n) is 14.8. The average Bonchev–Trinajstić information content (AvgIpc) is 3.02. The smallest absolute Gasteiger partial charge is 0.239 e. The molecule has 0 radical (unpaired) electrons. The summed E-state index contributed by atoms with van der Waals surface area (Å²) in [4.78, 5) is 47.0. The summed E-state index contributed by atoms with van der Waals surface area (Å²) in [5, 5.41) is 12.5. The predicted molar refractivity (Wildman–Crippen MR) is 159 cm³/mol. The number of rotatable bonds is 5. The molecule has 2 N–H and O–H groups in total. The Bertz CT molecular complexity index is 1380. The molecule has 4 bridgehead atoms. The van der Waals surface area contributed by atoms with Crippen LogP contribution in [-0.4, -0.2) is 82.5 Å². The first kappa shape index (κ1) is 30.2. The van der Waals surface area contributed by atoms with Crippen molar-refractivity contribution >= 4 is 17.7 Å². The zero-order chi connectivity index (χ0) is 30.0. The van der Waals surface area contributed by atoms with Gasteiger partial charge in [-0.25, -0.2) is 0 Å². The largest absolute Gasteiger partial charge is 0.457 e. The second-order valence-corrected chi connectivity index (χ2v) is 11.0. The molecule has 43 heavy (non-hydrogen) atoms. The van der Waals surface area contributed by atoms with E-state index >= 15 is 0 Å². The molecule has 4 heterocycles. The van der Waals surface area contributed by atoms with E-state index in [1.807, 2.05) is 54.6 Å². The molecular formula is C33H38N4O6. The van der Waals surface area contributed by atoms with Crippen LogP contribution in [0.1, 0.15) is 36.0 Å². The van der Waals surface area contributed by atoms with Gasteiger partial charge in [-0.2, -0.15) is 0 Å². The van der Waals surface area contributed by atoms with Crippen LogP contribution in [0.4, 0.5) is 0 Å². The number of hydrogen-bond donors (Lipinski definition) is 2. The fourth-order valence-electron chi connectivity index (χ4n) is 5.44. The van der Waals surface area contributed by atoms with Crippen molar-refractivity contribution in [2.45, 2.75) is 50.9 Å². The van der Waals surface area contributed by atoms with E-state index in [0.29, 0.717) is 43.9 Å². The monoisotopic (exact) mass is 586 g/mol. The molecule has 10 nitrogen and oxygen atoms in total. The van der Waals surface area contributed by atoms with Crippen LogP contribution in [0.3, 0.4) is 0 Å². The average molecular weight is 587 g/mol. The van der Waals surface area contributed by atoms with Gasteiger partial charge in [0.1, 0.15) is 11.5 Å². The van der Waals surface area contributed by atoms with E-state index in [9.17, 15) is 19.5 Å². The second kappa shape index (κ2) is 14.8. The normalized spacial score (nSPS) is 19.8. The van der Waals surface area contributed by atoms with Crippen molar-refractivity contribution in [3.8, 4) is 11.5 Å². The molecule has 0 unspecified atom stereocenters. The van der Waals surface area contributed by atoms with Crippen molar-refractivity contribution in [2.75, 3.05) is 32.8 Å². The van der Waals surface area contributed by atoms with Crippen molar-refractivity contribution in [3.63, 3.8) is 0 Å². The lowest BCUT2D eigenvalue weighted by Crippen LogP contribution is -2.58. The van der Waals surface area contributed by atoms with Gasteiger partial charge in [-0.15, -0.1) is 0 Å². The molecule has 3 aromatic rings. The third-order valence-corrected chi connectivity index (χ3v) is 7.75. The number of ether oxygens (including phenoxy) is 2. The highest BCUT2D eigenvalue weighted by Gasteiger charge is 2.34. The van der Waals surface area contributed by atoms with Gasteiger partial charge >= 0.3 is 0 Å². The van der Waals surface area contributed by atoms with Gasteiger partial charge in [-0.05, 0) is 66.3 Å². The third-order valence-electron chi connectivity index (χ3n) is 7.75. The summed E-state index contributed by atoms with van der Waals surface area (Å²) in [6.45, 7) is 1.14. The highest BCUT2D eigenvalue weighted by Crippen LogP contribution is 2.25. The van der Waals surface area contributed by atoms with E-state index in [0.717, 1.165) is 16.7 Å². The molecule has 1 saturated heterocycles. The van der Waals surface area contributed by atoms with Crippen LogP contribution in [0.25, 0.3) is 0 Å². The zero-order valence-corrected chi connectivity index (χ0v) is 24.2. The van der Waals surface area contributed by atoms with Crippen molar-refractivity contribution in [1.82, 2.24) is 20.1 Å². The van der Waals surface area contributed by atoms with Gasteiger partial charge in [0.05, 0.1) is 31.7 Å². The number of amides is 3. The quantitative estimate of drug-likeness (QED) is 0.472. The summed E-state index contributed by atoms with van der Waals surface area (Å²) in [6, 6.07) is 18.5. The number of piperidine rings is 1. The molecule has 0 spiro atoms. The van der Waals surface area contributed by atoms with Gasteiger partial charge in [-0.1, -0.05) is 30.3 Å². The number of nitrogens with zero attached hydrogens (tertiary/aromatic N) is 3. The number of aromatic nitrogens is 1. The van der Waals surface area contributed by atoms with E-state index in [4.69, 9.17) is 9.47 Å². The van der Waals surface area contributed by atoms with Crippen molar-refractivity contribution in [1.29, 1.82) is 0 Å². The fraction of sp³-hybridized carbons (Fsp3) is 0.394. The van der Waals surface area contributed by atoms with Gasteiger partial charge in [0, 0.05) is 45.1 Å². The molecule has 3 aliphatic heterocycles. The Balaban J connectivity index is 1.36. The minimum absolute atomic E-state index is 0.0485. The highest BCUT2D eigenvalue weighted by molar-refractivity contribution is 5.85. The molecule has 1 fully saturated rings. The number of hydrogen-bond acceptors (Lipinski definition) is 7. The fourth-order valence-corrected chi connectivity index (χ4v) is 5.44. The molecule has 2 aromatic carbocycles. The van der Waals surface area contributed by atoms with Crippen LogP contribution in [0.2, 0.25) is 0 Å². The first-order chi connectivity index (χ1) is 21.0. The third kappa shape index (κ3) is 8.62. The number of carbonyl (C=O) groups excluding carboxylic acids is 3. The van der Waals surface area contributed by atoms with Crippen molar-refractivity contribution < 1.29 is 29.0 Å².